The standard InChI is InChI=1S/C11H18OS2/c1-9-4-5-12-10(9)6-14-8-11(2,3)7-13/h4-5,13H,6-8H2,1-3H3. The van der Waals surface area contributed by atoms with Crippen LogP contribution in [-0.4, -0.2) is 11.5 Å². The number of hydrogen-bond donors (Lipinski definition) is 1. The molecule has 0 radical (unpaired) electrons. The van der Waals surface area contributed by atoms with Gasteiger partial charge in [0.05, 0.1) is 12.0 Å². The molecule has 0 spiro atoms. The van der Waals surface area contributed by atoms with Crippen molar-refractivity contribution in [2.75, 3.05) is 11.5 Å². The topological polar surface area (TPSA) is 13.1 Å². The number of thioether (sulfide) groups is 1. The molecule has 0 aliphatic rings. The van der Waals surface area contributed by atoms with Crippen LogP contribution in [-0.2, 0) is 5.75 Å². The molecule has 0 aliphatic carbocycles. The molecule has 0 saturated carbocycles. The van der Waals surface area contributed by atoms with Crippen LogP contribution in [0.3, 0.4) is 0 Å². The predicted octanol–water partition coefficient (Wildman–Crippen LogP) is 3.78. The Kier molecular flexibility index (Phi) is 4.45. The van der Waals surface area contributed by atoms with Gasteiger partial charge in [0.2, 0.25) is 0 Å². The number of rotatable bonds is 5. The van der Waals surface area contributed by atoms with Crippen molar-refractivity contribution < 1.29 is 4.42 Å². The smallest absolute Gasteiger partial charge is 0.116 e. The molecular formula is C11H18OS2. The van der Waals surface area contributed by atoms with Crippen LogP contribution in [0.5, 0.6) is 0 Å². The summed E-state index contributed by atoms with van der Waals surface area (Å²) in [5.74, 6) is 4.12. The molecule has 0 aromatic carbocycles. The Hall–Kier alpha value is -0.0200. The van der Waals surface area contributed by atoms with Crippen LogP contribution in [0.2, 0.25) is 0 Å². The summed E-state index contributed by atoms with van der Waals surface area (Å²) in [7, 11) is 0. The molecule has 1 nitrogen and oxygen atoms in total. The SMILES string of the molecule is Cc1ccoc1CSCC(C)(C)CS. The Morgan fingerprint density at radius 2 is 2.21 bits per heavy atom. The Morgan fingerprint density at radius 3 is 2.71 bits per heavy atom. The van der Waals surface area contributed by atoms with E-state index in [9.17, 15) is 0 Å². The Bertz CT molecular complexity index is 279. The van der Waals surface area contributed by atoms with Gasteiger partial charge in [-0.05, 0) is 35.5 Å². The van der Waals surface area contributed by atoms with Crippen LogP contribution >= 0.6 is 24.4 Å². The first-order valence-electron chi connectivity index (χ1n) is 4.77. The highest BCUT2D eigenvalue weighted by atomic mass is 32.2. The molecule has 1 rings (SSSR count). The van der Waals surface area contributed by atoms with Crippen molar-refractivity contribution in [2.24, 2.45) is 5.41 Å². The predicted molar refractivity (Wildman–Crippen MR) is 67.2 cm³/mol. The lowest BCUT2D eigenvalue weighted by atomic mass is 10.0. The van der Waals surface area contributed by atoms with Crippen molar-refractivity contribution in [1.82, 2.24) is 0 Å². The summed E-state index contributed by atoms with van der Waals surface area (Å²) in [5.41, 5.74) is 1.56. The summed E-state index contributed by atoms with van der Waals surface area (Å²) in [5, 5.41) is 0. The first-order valence-corrected chi connectivity index (χ1v) is 6.55. The van der Waals surface area contributed by atoms with Gasteiger partial charge in [0.1, 0.15) is 5.76 Å². The van der Waals surface area contributed by atoms with Crippen LogP contribution in [0, 0.1) is 12.3 Å². The highest BCUT2D eigenvalue weighted by Crippen LogP contribution is 2.26. The van der Waals surface area contributed by atoms with Crippen molar-refractivity contribution in [3.05, 3.63) is 23.7 Å². The van der Waals surface area contributed by atoms with Gasteiger partial charge in [0.25, 0.3) is 0 Å². The molecule has 0 aliphatic heterocycles. The minimum Gasteiger partial charge on any atom is -0.468 e. The van der Waals surface area contributed by atoms with E-state index in [1.165, 1.54) is 5.56 Å². The normalized spacial score (nSPS) is 12.0. The second kappa shape index (κ2) is 5.17. The molecule has 0 amide bonds. The van der Waals surface area contributed by atoms with E-state index in [1.54, 1.807) is 6.26 Å². The Morgan fingerprint density at radius 1 is 1.50 bits per heavy atom. The van der Waals surface area contributed by atoms with Crippen molar-refractivity contribution >= 4 is 24.4 Å². The van der Waals surface area contributed by atoms with Gasteiger partial charge < -0.3 is 4.42 Å². The summed E-state index contributed by atoms with van der Waals surface area (Å²) < 4.78 is 5.37. The maximum absolute atomic E-state index is 5.37. The fourth-order valence-corrected chi connectivity index (χ4v) is 2.52. The van der Waals surface area contributed by atoms with Crippen molar-refractivity contribution in [2.45, 2.75) is 26.5 Å². The molecule has 0 fully saturated rings. The minimum atomic E-state index is 0.314. The van der Waals surface area contributed by atoms with Gasteiger partial charge in [-0.1, -0.05) is 13.8 Å². The van der Waals surface area contributed by atoms with Gasteiger partial charge in [0.15, 0.2) is 0 Å². The van der Waals surface area contributed by atoms with Gasteiger partial charge in [0, 0.05) is 0 Å². The molecule has 80 valence electrons. The molecule has 1 aromatic heterocycles. The molecule has 0 bridgehead atoms. The summed E-state index contributed by atoms with van der Waals surface area (Å²) in [6, 6.07) is 2.01. The minimum absolute atomic E-state index is 0.314. The zero-order valence-electron chi connectivity index (χ0n) is 9.04. The number of aryl methyl sites for hydroxylation is 1. The third-order valence-corrected chi connectivity index (χ3v) is 4.43. The molecule has 0 atom stereocenters. The van der Waals surface area contributed by atoms with Gasteiger partial charge in [-0.2, -0.15) is 24.4 Å². The molecule has 0 saturated heterocycles. The van der Waals surface area contributed by atoms with E-state index >= 15 is 0 Å². The van der Waals surface area contributed by atoms with Crippen molar-refractivity contribution in [3.8, 4) is 0 Å². The maximum Gasteiger partial charge on any atom is 0.116 e. The van der Waals surface area contributed by atoms with E-state index in [4.69, 9.17) is 4.42 Å². The van der Waals surface area contributed by atoms with E-state index in [0.29, 0.717) is 5.41 Å². The molecule has 1 aromatic rings. The number of thiol groups is 1. The maximum atomic E-state index is 5.37. The van der Waals surface area contributed by atoms with Crippen LogP contribution in [0.1, 0.15) is 25.2 Å². The summed E-state index contributed by atoms with van der Waals surface area (Å²) in [4.78, 5) is 0. The molecule has 0 unspecified atom stereocenters. The second-order valence-electron chi connectivity index (χ2n) is 4.34. The average Bonchev–Trinajstić information content (AvgIpc) is 2.52. The van der Waals surface area contributed by atoms with E-state index in [2.05, 4.69) is 33.4 Å². The first-order chi connectivity index (χ1) is 6.55. The van der Waals surface area contributed by atoms with Gasteiger partial charge in [-0.25, -0.2) is 0 Å². The second-order valence-corrected chi connectivity index (χ2v) is 5.64. The third-order valence-electron chi connectivity index (χ3n) is 2.12. The fraction of sp³-hybridized carbons (Fsp3) is 0.636. The lowest BCUT2D eigenvalue weighted by Gasteiger charge is -2.20. The average molecular weight is 230 g/mol. The fourth-order valence-electron chi connectivity index (χ4n) is 1.02. The summed E-state index contributed by atoms with van der Waals surface area (Å²) in [6.45, 7) is 6.56. The largest absolute Gasteiger partial charge is 0.468 e. The summed E-state index contributed by atoms with van der Waals surface area (Å²) in [6.07, 6.45) is 1.76. The van der Waals surface area contributed by atoms with Crippen molar-refractivity contribution in [3.63, 3.8) is 0 Å². The number of hydrogen-bond acceptors (Lipinski definition) is 3. The third kappa shape index (κ3) is 3.62. The van der Waals surface area contributed by atoms with Crippen LogP contribution in [0.15, 0.2) is 16.7 Å². The Balaban J connectivity index is 2.32. The van der Waals surface area contributed by atoms with Gasteiger partial charge >= 0.3 is 0 Å². The molecule has 1 heterocycles. The van der Waals surface area contributed by atoms with Gasteiger partial charge in [-0.15, -0.1) is 0 Å². The number of furan rings is 1. The van der Waals surface area contributed by atoms with Crippen LogP contribution in [0.25, 0.3) is 0 Å². The van der Waals surface area contributed by atoms with E-state index in [1.807, 2.05) is 17.8 Å². The highest BCUT2D eigenvalue weighted by molar-refractivity contribution is 7.98. The monoisotopic (exact) mass is 230 g/mol. The highest BCUT2D eigenvalue weighted by Gasteiger charge is 2.15. The molecule has 3 heteroatoms. The van der Waals surface area contributed by atoms with E-state index in [-0.39, 0.29) is 0 Å². The molecular weight excluding hydrogens is 212 g/mol. The zero-order chi connectivity index (χ0) is 10.6. The Labute approximate surface area is 96.1 Å². The van der Waals surface area contributed by atoms with E-state index < -0.39 is 0 Å². The lowest BCUT2D eigenvalue weighted by Crippen LogP contribution is -2.16. The first kappa shape index (κ1) is 12.1. The van der Waals surface area contributed by atoms with E-state index in [0.717, 1.165) is 23.0 Å². The zero-order valence-corrected chi connectivity index (χ0v) is 10.8. The van der Waals surface area contributed by atoms with Crippen LogP contribution < -0.4 is 0 Å². The van der Waals surface area contributed by atoms with Gasteiger partial charge in [-0.3, -0.25) is 0 Å². The van der Waals surface area contributed by atoms with Crippen molar-refractivity contribution in [1.29, 1.82) is 0 Å². The summed E-state index contributed by atoms with van der Waals surface area (Å²) >= 11 is 6.25. The molecule has 0 N–H and O–H groups in total. The lowest BCUT2D eigenvalue weighted by molar-refractivity contribution is 0.492. The quantitative estimate of drug-likeness (QED) is 0.773. The molecule has 14 heavy (non-hydrogen) atoms. The van der Waals surface area contributed by atoms with Crippen LogP contribution in [0.4, 0.5) is 0 Å².